The molecule has 0 saturated carbocycles. The summed E-state index contributed by atoms with van der Waals surface area (Å²) >= 11 is 0. The van der Waals surface area contributed by atoms with Crippen LogP contribution in [0.15, 0.2) is 12.4 Å². The number of amides is 2. The Balaban J connectivity index is 1.91. The molecule has 2 rings (SSSR count). The topological polar surface area (TPSA) is 80.1 Å². The zero-order chi connectivity index (χ0) is 11.4. The zero-order valence-electron chi connectivity index (χ0n) is 8.80. The van der Waals surface area contributed by atoms with E-state index in [1.165, 1.54) is 10.9 Å². The second kappa shape index (κ2) is 4.73. The van der Waals surface area contributed by atoms with E-state index < -0.39 is 0 Å². The molecule has 86 valence electrons. The summed E-state index contributed by atoms with van der Waals surface area (Å²) in [6, 6.07) is 0. The molecule has 0 atom stereocenters. The SMILES string of the molecule is O=C1CCN(C(=O)Cn2ccnn2)CCN1. The van der Waals surface area contributed by atoms with Gasteiger partial charge in [-0.3, -0.25) is 9.59 Å². The van der Waals surface area contributed by atoms with Crippen LogP contribution in [-0.2, 0) is 16.1 Å². The maximum absolute atomic E-state index is 11.8. The van der Waals surface area contributed by atoms with E-state index in [0.717, 1.165) is 0 Å². The molecule has 0 spiro atoms. The Bertz CT molecular complexity index is 375. The maximum atomic E-state index is 11.8. The van der Waals surface area contributed by atoms with E-state index in [-0.39, 0.29) is 18.4 Å². The Kier molecular flexibility index (Phi) is 3.13. The molecule has 1 N–H and O–H groups in total. The standard InChI is InChI=1S/C9H13N5O2/c15-8-1-4-13(5-2-10-8)9(16)7-14-6-3-11-12-14/h3,6H,1-2,4-5,7H2,(H,10,15). The number of rotatable bonds is 2. The second-order valence-electron chi connectivity index (χ2n) is 3.58. The van der Waals surface area contributed by atoms with Crippen LogP contribution in [0.4, 0.5) is 0 Å². The molecule has 16 heavy (non-hydrogen) atoms. The van der Waals surface area contributed by atoms with Crippen molar-refractivity contribution in [1.29, 1.82) is 0 Å². The van der Waals surface area contributed by atoms with E-state index in [0.29, 0.717) is 26.1 Å². The number of aromatic nitrogens is 3. The smallest absolute Gasteiger partial charge is 0.244 e. The number of nitrogens with zero attached hydrogens (tertiary/aromatic N) is 4. The molecular weight excluding hydrogens is 210 g/mol. The first kappa shape index (κ1) is 10.6. The first-order valence-electron chi connectivity index (χ1n) is 5.14. The van der Waals surface area contributed by atoms with Crippen LogP contribution in [0.3, 0.4) is 0 Å². The summed E-state index contributed by atoms with van der Waals surface area (Å²) < 4.78 is 1.47. The normalized spacial score (nSPS) is 16.8. The molecule has 2 amide bonds. The van der Waals surface area contributed by atoms with Crippen LogP contribution in [-0.4, -0.2) is 51.3 Å². The van der Waals surface area contributed by atoms with Crippen LogP contribution < -0.4 is 5.32 Å². The summed E-state index contributed by atoms with van der Waals surface area (Å²) in [5.41, 5.74) is 0. The molecule has 1 fully saturated rings. The minimum atomic E-state index is -0.0398. The second-order valence-corrected chi connectivity index (χ2v) is 3.58. The third kappa shape index (κ3) is 2.56. The number of nitrogens with one attached hydrogen (secondary N) is 1. The highest BCUT2D eigenvalue weighted by atomic mass is 16.2. The van der Waals surface area contributed by atoms with Gasteiger partial charge in [-0.15, -0.1) is 5.10 Å². The average molecular weight is 223 g/mol. The van der Waals surface area contributed by atoms with Crippen molar-refractivity contribution >= 4 is 11.8 Å². The fraction of sp³-hybridized carbons (Fsp3) is 0.556. The molecule has 7 heteroatoms. The average Bonchev–Trinajstić information content (AvgIpc) is 2.66. The first-order chi connectivity index (χ1) is 7.75. The Hall–Kier alpha value is -1.92. The molecule has 0 aliphatic carbocycles. The highest BCUT2D eigenvalue weighted by molar-refractivity contribution is 5.79. The summed E-state index contributed by atoms with van der Waals surface area (Å²) in [6.07, 6.45) is 3.53. The van der Waals surface area contributed by atoms with E-state index in [9.17, 15) is 9.59 Å². The zero-order valence-corrected chi connectivity index (χ0v) is 8.80. The van der Waals surface area contributed by atoms with Gasteiger partial charge in [-0.2, -0.15) is 0 Å². The molecule has 2 heterocycles. The van der Waals surface area contributed by atoms with Crippen molar-refractivity contribution in [3.05, 3.63) is 12.4 Å². The van der Waals surface area contributed by atoms with Crippen LogP contribution in [0.1, 0.15) is 6.42 Å². The molecule has 0 bridgehead atoms. The lowest BCUT2D eigenvalue weighted by Gasteiger charge is -2.18. The molecule has 0 aromatic carbocycles. The molecule has 0 unspecified atom stereocenters. The quantitative estimate of drug-likeness (QED) is 0.670. The lowest BCUT2D eigenvalue weighted by molar-refractivity contribution is -0.131. The summed E-state index contributed by atoms with van der Waals surface area (Å²) in [5, 5.41) is 10.1. The number of hydrogen-bond donors (Lipinski definition) is 1. The molecule has 1 aromatic heterocycles. The third-order valence-corrected chi connectivity index (χ3v) is 2.43. The van der Waals surface area contributed by atoms with Crippen molar-refractivity contribution < 1.29 is 9.59 Å². The van der Waals surface area contributed by atoms with Gasteiger partial charge < -0.3 is 10.2 Å². The van der Waals surface area contributed by atoms with E-state index in [1.807, 2.05) is 0 Å². The van der Waals surface area contributed by atoms with Gasteiger partial charge in [-0.25, -0.2) is 4.68 Å². The van der Waals surface area contributed by atoms with E-state index in [4.69, 9.17) is 0 Å². The number of hydrogen-bond acceptors (Lipinski definition) is 4. The summed E-state index contributed by atoms with van der Waals surface area (Å²) in [5.74, 6) is -0.0435. The fourth-order valence-electron chi connectivity index (χ4n) is 1.57. The molecule has 1 aliphatic heterocycles. The predicted octanol–water partition coefficient (Wildman–Crippen LogP) is -1.37. The van der Waals surface area contributed by atoms with Gasteiger partial charge in [0.25, 0.3) is 0 Å². The minimum Gasteiger partial charge on any atom is -0.354 e. The number of carbonyl (C=O) groups excluding carboxylic acids is 2. The third-order valence-electron chi connectivity index (χ3n) is 2.43. The van der Waals surface area contributed by atoms with Gasteiger partial charge >= 0.3 is 0 Å². The van der Waals surface area contributed by atoms with E-state index >= 15 is 0 Å². The highest BCUT2D eigenvalue weighted by Gasteiger charge is 2.18. The fourth-order valence-corrected chi connectivity index (χ4v) is 1.57. The van der Waals surface area contributed by atoms with Crippen LogP contribution in [0.2, 0.25) is 0 Å². The van der Waals surface area contributed by atoms with Crippen LogP contribution in [0, 0.1) is 0 Å². The van der Waals surface area contributed by atoms with Gasteiger partial charge in [0.15, 0.2) is 0 Å². The summed E-state index contributed by atoms with van der Waals surface area (Å²) in [4.78, 5) is 24.6. The summed E-state index contributed by atoms with van der Waals surface area (Å²) in [6.45, 7) is 1.72. The number of carbonyl (C=O) groups is 2. The predicted molar refractivity (Wildman–Crippen MR) is 54.2 cm³/mol. The van der Waals surface area contributed by atoms with E-state index in [2.05, 4.69) is 15.6 Å². The molecule has 7 nitrogen and oxygen atoms in total. The van der Waals surface area contributed by atoms with Gasteiger partial charge in [-0.05, 0) is 0 Å². The Morgan fingerprint density at radius 2 is 2.38 bits per heavy atom. The van der Waals surface area contributed by atoms with E-state index in [1.54, 1.807) is 11.1 Å². The molecular formula is C9H13N5O2. The molecule has 0 radical (unpaired) electrons. The lowest BCUT2D eigenvalue weighted by atomic mass is 10.3. The Morgan fingerprint density at radius 3 is 3.12 bits per heavy atom. The van der Waals surface area contributed by atoms with Gasteiger partial charge in [0.1, 0.15) is 6.54 Å². The Morgan fingerprint density at radius 1 is 1.50 bits per heavy atom. The van der Waals surface area contributed by atoms with Crippen molar-refractivity contribution in [2.75, 3.05) is 19.6 Å². The first-order valence-corrected chi connectivity index (χ1v) is 5.14. The van der Waals surface area contributed by atoms with Gasteiger partial charge in [0, 0.05) is 32.3 Å². The van der Waals surface area contributed by atoms with Gasteiger partial charge in [-0.1, -0.05) is 5.21 Å². The van der Waals surface area contributed by atoms with Gasteiger partial charge in [0.05, 0.1) is 6.20 Å². The highest BCUT2D eigenvalue weighted by Crippen LogP contribution is 1.98. The van der Waals surface area contributed by atoms with Crippen LogP contribution >= 0.6 is 0 Å². The van der Waals surface area contributed by atoms with Crippen molar-refractivity contribution in [2.24, 2.45) is 0 Å². The summed E-state index contributed by atoms with van der Waals surface area (Å²) in [7, 11) is 0. The van der Waals surface area contributed by atoms with Crippen molar-refractivity contribution in [1.82, 2.24) is 25.2 Å². The van der Waals surface area contributed by atoms with Gasteiger partial charge in [0.2, 0.25) is 11.8 Å². The monoisotopic (exact) mass is 223 g/mol. The molecule has 1 saturated heterocycles. The van der Waals surface area contributed by atoms with Crippen molar-refractivity contribution in [3.8, 4) is 0 Å². The molecule has 1 aromatic rings. The largest absolute Gasteiger partial charge is 0.354 e. The van der Waals surface area contributed by atoms with Crippen LogP contribution in [0.5, 0.6) is 0 Å². The van der Waals surface area contributed by atoms with Crippen molar-refractivity contribution in [3.63, 3.8) is 0 Å². The minimum absolute atomic E-state index is 0.00365. The van der Waals surface area contributed by atoms with Crippen LogP contribution in [0.25, 0.3) is 0 Å². The van der Waals surface area contributed by atoms with Crippen molar-refractivity contribution in [2.45, 2.75) is 13.0 Å². The maximum Gasteiger partial charge on any atom is 0.244 e. The molecule has 1 aliphatic rings. The Labute approximate surface area is 92.4 Å². The lowest BCUT2D eigenvalue weighted by Crippen LogP contribution is -2.36.